The van der Waals surface area contributed by atoms with Crippen molar-refractivity contribution >= 4 is 0 Å². The van der Waals surface area contributed by atoms with E-state index in [4.69, 9.17) is 0 Å². The van der Waals surface area contributed by atoms with Crippen LogP contribution < -0.4 is 5.32 Å². The first kappa shape index (κ1) is 15.5. The van der Waals surface area contributed by atoms with Gasteiger partial charge in [0.15, 0.2) is 0 Å². The lowest BCUT2D eigenvalue weighted by Crippen LogP contribution is -2.44. The fourth-order valence-electron chi connectivity index (χ4n) is 3.23. The molecule has 0 spiro atoms. The Hall–Kier alpha value is -0.860. The number of nitrogens with one attached hydrogen (secondary N) is 1. The van der Waals surface area contributed by atoms with Crippen LogP contribution in [0.5, 0.6) is 0 Å². The Morgan fingerprint density at radius 2 is 1.80 bits per heavy atom. The molecule has 0 amide bonds. The molecule has 1 aliphatic heterocycles. The molecular weight excluding hydrogens is 244 g/mol. The van der Waals surface area contributed by atoms with E-state index in [1.54, 1.807) is 0 Å². The number of hydrogen-bond donors (Lipinski definition) is 1. The summed E-state index contributed by atoms with van der Waals surface area (Å²) in [5.74, 6) is 0.631. The zero-order chi connectivity index (χ0) is 14.4. The predicted molar refractivity (Wildman–Crippen MR) is 86.9 cm³/mol. The SMILES string of the molecule is CCCN1CCC(NC(c2ccccc2)C(C)C)CC1. The minimum atomic E-state index is 0.485. The molecule has 1 aliphatic rings. The van der Waals surface area contributed by atoms with Gasteiger partial charge in [-0.05, 0) is 50.4 Å². The molecule has 1 atom stereocenters. The Bertz CT molecular complexity index is 366. The fraction of sp³-hybridized carbons (Fsp3) is 0.667. The average Bonchev–Trinajstić information content (AvgIpc) is 2.47. The van der Waals surface area contributed by atoms with E-state index in [1.807, 2.05) is 0 Å². The lowest BCUT2D eigenvalue weighted by atomic mass is 9.93. The molecule has 0 radical (unpaired) electrons. The van der Waals surface area contributed by atoms with Gasteiger partial charge in [-0.1, -0.05) is 51.1 Å². The molecule has 0 saturated carbocycles. The molecule has 1 fully saturated rings. The highest BCUT2D eigenvalue weighted by atomic mass is 15.1. The first-order chi connectivity index (χ1) is 9.70. The van der Waals surface area contributed by atoms with Crippen LogP contribution in [0.3, 0.4) is 0 Å². The molecule has 1 N–H and O–H groups in total. The minimum absolute atomic E-state index is 0.485. The lowest BCUT2D eigenvalue weighted by molar-refractivity contribution is 0.184. The number of hydrogen-bond acceptors (Lipinski definition) is 2. The third-order valence-corrected chi connectivity index (χ3v) is 4.37. The summed E-state index contributed by atoms with van der Waals surface area (Å²) < 4.78 is 0. The zero-order valence-electron chi connectivity index (χ0n) is 13.3. The summed E-state index contributed by atoms with van der Waals surface area (Å²) >= 11 is 0. The fourth-order valence-corrected chi connectivity index (χ4v) is 3.23. The second kappa shape index (κ2) is 7.80. The van der Waals surface area contributed by atoms with E-state index in [9.17, 15) is 0 Å². The van der Waals surface area contributed by atoms with Gasteiger partial charge in [-0.25, -0.2) is 0 Å². The van der Waals surface area contributed by atoms with Crippen molar-refractivity contribution in [2.24, 2.45) is 5.92 Å². The summed E-state index contributed by atoms with van der Waals surface area (Å²) in [6, 6.07) is 12.1. The molecule has 2 rings (SSSR count). The average molecular weight is 274 g/mol. The van der Waals surface area contributed by atoms with E-state index < -0.39 is 0 Å². The van der Waals surface area contributed by atoms with E-state index in [0.29, 0.717) is 18.0 Å². The molecule has 1 unspecified atom stereocenters. The van der Waals surface area contributed by atoms with Crippen molar-refractivity contribution in [3.8, 4) is 0 Å². The normalized spacial score (nSPS) is 19.4. The molecule has 20 heavy (non-hydrogen) atoms. The highest BCUT2D eigenvalue weighted by molar-refractivity contribution is 5.19. The van der Waals surface area contributed by atoms with Crippen molar-refractivity contribution in [2.75, 3.05) is 19.6 Å². The number of rotatable bonds is 6. The minimum Gasteiger partial charge on any atom is -0.307 e. The Morgan fingerprint density at radius 3 is 2.35 bits per heavy atom. The standard InChI is InChI=1S/C18H30N2/c1-4-12-20-13-10-17(11-14-20)19-18(15(2)3)16-8-6-5-7-9-16/h5-9,15,17-19H,4,10-14H2,1-3H3. The van der Waals surface area contributed by atoms with Crippen molar-refractivity contribution in [3.05, 3.63) is 35.9 Å². The Kier molecular flexibility index (Phi) is 6.06. The summed E-state index contributed by atoms with van der Waals surface area (Å²) in [6.45, 7) is 10.7. The second-order valence-corrected chi connectivity index (χ2v) is 6.41. The third kappa shape index (κ3) is 4.32. The van der Waals surface area contributed by atoms with Crippen molar-refractivity contribution in [3.63, 3.8) is 0 Å². The van der Waals surface area contributed by atoms with Crippen molar-refractivity contribution in [1.29, 1.82) is 0 Å². The number of piperidine rings is 1. The molecule has 0 aliphatic carbocycles. The van der Waals surface area contributed by atoms with E-state index in [0.717, 1.165) is 0 Å². The van der Waals surface area contributed by atoms with Gasteiger partial charge in [0.2, 0.25) is 0 Å². The highest BCUT2D eigenvalue weighted by Gasteiger charge is 2.23. The van der Waals surface area contributed by atoms with Gasteiger partial charge >= 0.3 is 0 Å². The maximum atomic E-state index is 3.91. The smallest absolute Gasteiger partial charge is 0.0345 e. The summed E-state index contributed by atoms with van der Waals surface area (Å²) in [5, 5.41) is 3.91. The Morgan fingerprint density at radius 1 is 1.15 bits per heavy atom. The molecule has 1 aromatic carbocycles. The van der Waals surface area contributed by atoms with Crippen molar-refractivity contribution in [1.82, 2.24) is 10.2 Å². The van der Waals surface area contributed by atoms with Gasteiger partial charge in [0.1, 0.15) is 0 Å². The molecular formula is C18H30N2. The summed E-state index contributed by atoms with van der Waals surface area (Å²) in [6.07, 6.45) is 3.85. The monoisotopic (exact) mass is 274 g/mol. The van der Waals surface area contributed by atoms with Gasteiger partial charge < -0.3 is 10.2 Å². The van der Waals surface area contributed by atoms with Crippen LogP contribution in [-0.2, 0) is 0 Å². The van der Waals surface area contributed by atoms with Gasteiger partial charge in [-0.15, -0.1) is 0 Å². The maximum absolute atomic E-state index is 3.91. The largest absolute Gasteiger partial charge is 0.307 e. The maximum Gasteiger partial charge on any atom is 0.0345 e. The molecule has 2 heteroatoms. The molecule has 112 valence electrons. The van der Waals surface area contributed by atoms with Crippen LogP contribution in [0.15, 0.2) is 30.3 Å². The van der Waals surface area contributed by atoms with Gasteiger partial charge in [0.25, 0.3) is 0 Å². The second-order valence-electron chi connectivity index (χ2n) is 6.41. The van der Waals surface area contributed by atoms with Crippen LogP contribution in [0, 0.1) is 5.92 Å². The molecule has 2 nitrogen and oxygen atoms in total. The number of likely N-dealkylation sites (tertiary alicyclic amines) is 1. The van der Waals surface area contributed by atoms with Crippen LogP contribution in [0.25, 0.3) is 0 Å². The van der Waals surface area contributed by atoms with Crippen LogP contribution in [-0.4, -0.2) is 30.6 Å². The summed E-state index contributed by atoms with van der Waals surface area (Å²) in [7, 11) is 0. The molecule has 1 aromatic rings. The van der Waals surface area contributed by atoms with Gasteiger partial charge in [-0.2, -0.15) is 0 Å². The van der Waals surface area contributed by atoms with Crippen molar-refractivity contribution in [2.45, 2.75) is 52.1 Å². The van der Waals surface area contributed by atoms with Crippen LogP contribution in [0.4, 0.5) is 0 Å². The molecule has 0 aromatic heterocycles. The number of nitrogens with zero attached hydrogens (tertiary/aromatic N) is 1. The third-order valence-electron chi connectivity index (χ3n) is 4.37. The van der Waals surface area contributed by atoms with E-state index >= 15 is 0 Å². The van der Waals surface area contributed by atoms with Crippen LogP contribution >= 0.6 is 0 Å². The van der Waals surface area contributed by atoms with E-state index in [-0.39, 0.29) is 0 Å². The quantitative estimate of drug-likeness (QED) is 0.847. The van der Waals surface area contributed by atoms with E-state index in [2.05, 4.69) is 61.3 Å². The Labute approximate surface area is 124 Å². The summed E-state index contributed by atoms with van der Waals surface area (Å²) in [4.78, 5) is 2.60. The highest BCUT2D eigenvalue weighted by Crippen LogP contribution is 2.24. The first-order valence-electron chi connectivity index (χ1n) is 8.24. The first-order valence-corrected chi connectivity index (χ1v) is 8.24. The zero-order valence-corrected chi connectivity index (χ0v) is 13.3. The lowest BCUT2D eigenvalue weighted by Gasteiger charge is -2.35. The predicted octanol–water partition coefficient (Wildman–Crippen LogP) is 3.85. The topological polar surface area (TPSA) is 15.3 Å². The number of benzene rings is 1. The van der Waals surface area contributed by atoms with Gasteiger partial charge in [-0.3, -0.25) is 0 Å². The van der Waals surface area contributed by atoms with Gasteiger partial charge in [0, 0.05) is 12.1 Å². The Balaban J connectivity index is 1.90. The molecule has 1 saturated heterocycles. The van der Waals surface area contributed by atoms with Gasteiger partial charge in [0.05, 0.1) is 0 Å². The van der Waals surface area contributed by atoms with Crippen molar-refractivity contribution < 1.29 is 0 Å². The molecule has 0 bridgehead atoms. The van der Waals surface area contributed by atoms with Crippen LogP contribution in [0.1, 0.15) is 51.6 Å². The molecule has 1 heterocycles. The summed E-state index contributed by atoms with van der Waals surface area (Å²) in [5.41, 5.74) is 1.43. The van der Waals surface area contributed by atoms with E-state index in [1.165, 1.54) is 44.5 Å². The van der Waals surface area contributed by atoms with Crippen LogP contribution in [0.2, 0.25) is 0 Å².